The normalized spacial score (nSPS) is 61.9. The monoisotopic (exact) mass is 220 g/mol. The Balaban J connectivity index is 1.68. The van der Waals surface area contributed by atoms with Crippen molar-refractivity contribution in [1.29, 1.82) is 0 Å². The maximum absolute atomic E-state index is 6.01. The van der Waals surface area contributed by atoms with E-state index in [4.69, 9.17) is 11.5 Å². The molecule has 0 radical (unpaired) electrons. The molecule has 0 aromatic rings. The van der Waals surface area contributed by atoms with Crippen molar-refractivity contribution in [3.63, 3.8) is 0 Å². The molecule has 4 saturated carbocycles. The van der Waals surface area contributed by atoms with E-state index in [1.807, 2.05) is 0 Å². The van der Waals surface area contributed by atoms with E-state index in [0.29, 0.717) is 0 Å². The molecule has 2 heteroatoms. The van der Waals surface area contributed by atoms with Crippen LogP contribution in [0.4, 0.5) is 0 Å². The van der Waals surface area contributed by atoms with Gasteiger partial charge in [0.25, 0.3) is 0 Å². The van der Waals surface area contributed by atoms with Crippen molar-refractivity contribution in [2.75, 3.05) is 13.1 Å². The van der Waals surface area contributed by atoms with Gasteiger partial charge in [-0.2, -0.15) is 0 Å². The number of rotatable bonds is 2. The van der Waals surface area contributed by atoms with Crippen molar-refractivity contribution in [2.45, 2.75) is 25.7 Å². The molecule has 4 aliphatic carbocycles. The van der Waals surface area contributed by atoms with E-state index < -0.39 is 0 Å². The number of hydrogen-bond acceptors (Lipinski definition) is 2. The SMILES string of the molecule is NC[C@@H]1C2CC(C3C4CCC(C4)C32)[C@H]1CN. The Morgan fingerprint density at radius 2 is 1.25 bits per heavy atom. The third kappa shape index (κ3) is 0.971. The molecule has 0 aromatic carbocycles. The fourth-order valence-electron chi connectivity index (χ4n) is 6.53. The first kappa shape index (κ1) is 9.90. The summed E-state index contributed by atoms with van der Waals surface area (Å²) in [4.78, 5) is 0. The predicted octanol–water partition coefficient (Wildman–Crippen LogP) is 1.45. The van der Waals surface area contributed by atoms with Crippen molar-refractivity contribution in [3.05, 3.63) is 0 Å². The highest BCUT2D eigenvalue weighted by molar-refractivity contribution is 5.13. The maximum atomic E-state index is 6.01. The molecule has 0 spiro atoms. The van der Waals surface area contributed by atoms with Gasteiger partial charge < -0.3 is 11.5 Å². The molecule has 4 aliphatic rings. The molecule has 2 nitrogen and oxygen atoms in total. The Bertz CT molecular complexity index is 275. The summed E-state index contributed by atoms with van der Waals surface area (Å²) in [6.45, 7) is 1.78. The number of hydrogen-bond donors (Lipinski definition) is 2. The summed E-state index contributed by atoms with van der Waals surface area (Å²) in [6.07, 6.45) is 6.09. The summed E-state index contributed by atoms with van der Waals surface area (Å²) < 4.78 is 0. The second-order valence-corrected chi connectivity index (χ2v) is 6.85. The van der Waals surface area contributed by atoms with Crippen LogP contribution in [0, 0.1) is 47.3 Å². The lowest BCUT2D eigenvalue weighted by Gasteiger charge is -2.42. The minimum Gasteiger partial charge on any atom is -0.330 e. The second-order valence-electron chi connectivity index (χ2n) is 6.85. The Hall–Kier alpha value is -0.0800. The third-order valence-corrected chi connectivity index (χ3v) is 6.77. The first-order chi connectivity index (χ1) is 7.85. The second kappa shape index (κ2) is 3.23. The van der Waals surface area contributed by atoms with Gasteiger partial charge in [0.1, 0.15) is 0 Å². The van der Waals surface area contributed by atoms with Crippen LogP contribution in [-0.4, -0.2) is 13.1 Å². The number of fused-ring (bicyclic) bond motifs is 9. The lowest BCUT2D eigenvalue weighted by Crippen LogP contribution is -2.43. The smallest absolute Gasteiger partial charge is 0.00429 e. The van der Waals surface area contributed by atoms with E-state index in [-0.39, 0.29) is 0 Å². The van der Waals surface area contributed by atoms with Gasteiger partial charge in [-0.1, -0.05) is 0 Å². The van der Waals surface area contributed by atoms with Gasteiger partial charge in [-0.15, -0.1) is 0 Å². The highest BCUT2D eigenvalue weighted by atomic mass is 14.7. The lowest BCUT2D eigenvalue weighted by atomic mass is 9.63. The maximum Gasteiger partial charge on any atom is -0.00429 e. The molecule has 4 N–H and O–H groups in total. The molecule has 0 aliphatic heterocycles. The topological polar surface area (TPSA) is 52.0 Å². The van der Waals surface area contributed by atoms with Gasteiger partial charge >= 0.3 is 0 Å². The molecule has 6 unspecified atom stereocenters. The predicted molar refractivity (Wildman–Crippen MR) is 64.5 cm³/mol. The Labute approximate surface area is 98.1 Å². The molecule has 0 amide bonds. The molecule has 4 rings (SSSR count). The standard InChI is InChI=1S/C14H24N2/c15-5-11-9-4-10(12(11)6-16)14-8-2-1-7(3-8)13(9)14/h7-14H,1-6,15-16H2/t7?,8?,9?,10?,11-,12-,13?,14?/m1/s1. The van der Waals surface area contributed by atoms with E-state index in [1.54, 1.807) is 6.42 Å². The fraction of sp³-hybridized carbons (Fsp3) is 1.00. The van der Waals surface area contributed by atoms with Crippen molar-refractivity contribution in [1.82, 2.24) is 0 Å². The largest absolute Gasteiger partial charge is 0.330 e. The molecule has 0 heterocycles. The molecule has 0 aromatic heterocycles. The van der Waals surface area contributed by atoms with Gasteiger partial charge in [0.15, 0.2) is 0 Å². The van der Waals surface area contributed by atoms with Crippen LogP contribution in [0.3, 0.4) is 0 Å². The van der Waals surface area contributed by atoms with Crippen LogP contribution in [0.2, 0.25) is 0 Å². The number of nitrogens with two attached hydrogens (primary N) is 2. The minimum absolute atomic E-state index is 0.774. The van der Waals surface area contributed by atoms with Crippen LogP contribution in [0.25, 0.3) is 0 Å². The molecule has 4 fully saturated rings. The summed E-state index contributed by atoms with van der Waals surface area (Å²) in [5.74, 6) is 7.77. The van der Waals surface area contributed by atoms with Gasteiger partial charge in [0, 0.05) is 0 Å². The van der Waals surface area contributed by atoms with Gasteiger partial charge in [-0.3, -0.25) is 0 Å². The first-order valence-corrected chi connectivity index (χ1v) is 7.25. The molecule has 16 heavy (non-hydrogen) atoms. The van der Waals surface area contributed by atoms with E-state index in [2.05, 4.69) is 0 Å². The Morgan fingerprint density at radius 1 is 0.750 bits per heavy atom. The lowest BCUT2D eigenvalue weighted by molar-refractivity contribution is 0.0629. The van der Waals surface area contributed by atoms with Crippen LogP contribution in [0.15, 0.2) is 0 Å². The van der Waals surface area contributed by atoms with Crippen molar-refractivity contribution in [2.24, 2.45) is 58.8 Å². The zero-order valence-electron chi connectivity index (χ0n) is 10.0. The molecular formula is C14H24N2. The average molecular weight is 220 g/mol. The highest BCUT2D eigenvalue weighted by Crippen LogP contribution is 2.69. The first-order valence-electron chi connectivity index (χ1n) is 7.25. The summed E-state index contributed by atoms with van der Waals surface area (Å²) in [5.41, 5.74) is 12.0. The Kier molecular flexibility index (Phi) is 2.00. The zero-order chi connectivity index (χ0) is 10.9. The summed E-state index contributed by atoms with van der Waals surface area (Å²) in [7, 11) is 0. The van der Waals surface area contributed by atoms with Crippen molar-refractivity contribution < 1.29 is 0 Å². The molecule has 0 saturated heterocycles. The average Bonchev–Trinajstić information content (AvgIpc) is 3.03. The third-order valence-electron chi connectivity index (χ3n) is 6.77. The van der Waals surface area contributed by atoms with E-state index in [9.17, 15) is 0 Å². The van der Waals surface area contributed by atoms with Crippen molar-refractivity contribution in [3.8, 4) is 0 Å². The highest BCUT2D eigenvalue weighted by Gasteiger charge is 2.64. The Morgan fingerprint density at radius 3 is 1.69 bits per heavy atom. The van der Waals surface area contributed by atoms with Gasteiger partial charge in [0.05, 0.1) is 0 Å². The summed E-state index contributed by atoms with van der Waals surface area (Å²) in [5, 5.41) is 0. The summed E-state index contributed by atoms with van der Waals surface area (Å²) in [6, 6.07) is 0. The molecular weight excluding hydrogens is 196 g/mol. The van der Waals surface area contributed by atoms with Crippen LogP contribution in [-0.2, 0) is 0 Å². The van der Waals surface area contributed by atoms with Crippen LogP contribution in [0.5, 0.6) is 0 Å². The van der Waals surface area contributed by atoms with Crippen LogP contribution >= 0.6 is 0 Å². The molecule has 8 atom stereocenters. The quantitative estimate of drug-likeness (QED) is 0.692. The minimum atomic E-state index is 0.774. The van der Waals surface area contributed by atoms with E-state index in [0.717, 1.165) is 60.4 Å². The van der Waals surface area contributed by atoms with E-state index >= 15 is 0 Å². The van der Waals surface area contributed by atoms with Crippen LogP contribution in [0.1, 0.15) is 25.7 Å². The molecule has 90 valence electrons. The van der Waals surface area contributed by atoms with Crippen molar-refractivity contribution >= 4 is 0 Å². The summed E-state index contributed by atoms with van der Waals surface area (Å²) >= 11 is 0. The van der Waals surface area contributed by atoms with Gasteiger partial charge in [-0.05, 0) is 86.1 Å². The fourth-order valence-corrected chi connectivity index (χ4v) is 6.53. The molecule has 4 bridgehead atoms. The van der Waals surface area contributed by atoms with Crippen LogP contribution < -0.4 is 11.5 Å². The van der Waals surface area contributed by atoms with E-state index in [1.165, 1.54) is 19.3 Å². The van der Waals surface area contributed by atoms with Gasteiger partial charge in [0.2, 0.25) is 0 Å². The van der Waals surface area contributed by atoms with Gasteiger partial charge in [-0.25, -0.2) is 0 Å². The zero-order valence-corrected chi connectivity index (χ0v) is 10.0.